The van der Waals surface area contributed by atoms with Crippen LogP contribution in [0.1, 0.15) is 32.1 Å². The van der Waals surface area contributed by atoms with Crippen LogP contribution >= 0.6 is 0 Å². The number of amides is 1. The second-order valence-electron chi connectivity index (χ2n) is 3.96. The number of nitrogens with zero attached hydrogens (tertiary/aromatic N) is 1. The van der Waals surface area contributed by atoms with Crippen molar-refractivity contribution in [3.8, 4) is 0 Å². The van der Waals surface area contributed by atoms with Crippen LogP contribution in [0.2, 0.25) is 0 Å². The predicted molar refractivity (Wildman–Crippen MR) is 53.7 cm³/mol. The lowest BCUT2D eigenvalue weighted by atomic mass is 10.1. The number of primary amides is 1. The first-order chi connectivity index (χ1) is 6.61. The molecule has 1 amide bonds. The normalized spacial score (nSPS) is 23.6. The van der Waals surface area contributed by atoms with E-state index < -0.39 is 0 Å². The Morgan fingerprint density at radius 3 is 2.86 bits per heavy atom. The third kappa shape index (κ3) is 3.10. The monoisotopic (exact) mass is 198 g/mol. The lowest BCUT2D eigenvalue weighted by Crippen LogP contribution is -2.42. The summed E-state index contributed by atoms with van der Waals surface area (Å²) in [7, 11) is 1.79. The highest BCUT2D eigenvalue weighted by atomic mass is 16.1. The summed E-state index contributed by atoms with van der Waals surface area (Å²) < 4.78 is 0. The van der Waals surface area contributed by atoms with Gasteiger partial charge in [-0.3, -0.25) is 14.5 Å². The molecule has 4 nitrogen and oxygen atoms in total. The van der Waals surface area contributed by atoms with Crippen molar-refractivity contribution in [1.29, 1.82) is 0 Å². The minimum absolute atomic E-state index is 0.0926. The van der Waals surface area contributed by atoms with E-state index in [-0.39, 0.29) is 24.3 Å². The molecule has 0 aromatic carbocycles. The Bertz CT molecular complexity index is 228. The molecule has 4 heteroatoms. The van der Waals surface area contributed by atoms with Crippen molar-refractivity contribution < 1.29 is 9.59 Å². The molecule has 0 aromatic heterocycles. The van der Waals surface area contributed by atoms with Crippen LogP contribution in [0.3, 0.4) is 0 Å². The number of ketones is 1. The van der Waals surface area contributed by atoms with E-state index in [1.807, 2.05) is 0 Å². The van der Waals surface area contributed by atoms with Gasteiger partial charge in [-0.15, -0.1) is 0 Å². The van der Waals surface area contributed by atoms with Gasteiger partial charge in [-0.2, -0.15) is 0 Å². The van der Waals surface area contributed by atoms with Gasteiger partial charge in [0.15, 0.2) is 0 Å². The van der Waals surface area contributed by atoms with Gasteiger partial charge in [-0.1, -0.05) is 12.8 Å². The fraction of sp³-hybridized carbons (Fsp3) is 0.800. The average Bonchev–Trinajstić information content (AvgIpc) is 2.28. The molecule has 1 saturated carbocycles. The molecule has 1 rings (SSSR count). The highest BCUT2D eigenvalue weighted by Crippen LogP contribution is 2.18. The van der Waals surface area contributed by atoms with Crippen molar-refractivity contribution >= 4 is 11.7 Å². The second-order valence-corrected chi connectivity index (χ2v) is 3.96. The van der Waals surface area contributed by atoms with Gasteiger partial charge in [-0.25, -0.2) is 0 Å². The molecule has 0 bridgehead atoms. The van der Waals surface area contributed by atoms with Crippen LogP contribution in [-0.2, 0) is 9.59 Å². The minimum atomic E-state index is -0.371. The molecule has 1 unspecified atom stereocenters. The zero-order valence-electron chi connectivity index (χ0n) is 8.66. The van der Waals surface area contributed by atoms with E-state index in [0.29, 0.717) is 6.42 Å². The molecule has 14 heavy (non-hydrogen) atoms. The molecule has 1 aliphatic rings. The quantitative estimate of drug-likeness (QED) is 0.664. The number of Topliss-reactive ketones (excluding diaryl/α,β-unsaturated/α-hetero) is 1. The Balaban J connectivity index is 2.54. The molecule has 80 valence electrons. The van der Waals surface area contributed by atoms with Gasteiger partial charge in [0, 0.05) is 6.42 Å². The number of likely N-dealkylation sites (N-methyl/N-ethyl adjacent to an activating group) is 1. The van der Waals surface area contributed by atoms with Crippen LogP contribution in [0.5, 0.6) is 0 Å². The number of nitrogens with two attached hydrogens (primary N) is 1. The highest BCUT2D eigenvalue weighted by Gasteiger charge is 2.24. The summed E-state index contributed by atoms with van der Waals surface area (Å²) >= 11 is 0. The van der Waals surface area contributed by atoms with Gasteiger partial charge >= 0.3 is 0 Å². The number of carbonyl (C=O) groups excluding carboxylic acids is 2. The number of carbonyl (C=O) groups is 2. The molecule has 2 N–H and O–H groups in total. The van der Waals surface area contributed by atoms with E-state index in [9.17, 15) is 9.59 Å². The lowest BCUT2D eigenvalue weighted by molar-refractivity contribution is -0.125. The molecular formula is C10H18N2O2. The van der Waals surface area contributed by atoms with Crippen LogP contribution in [-0.4, -0.2) is 36.2 Å². The maximum atomic E-state index is 11.6. The largest absolute Gasteiger partial charge is 0.369 e. The molecule has 1 fully saturated rings. The van der Waals surface area contributed by atoms with Crippen molar-refractivity contribution in [2.75, 3.05) is 13.6 Å². The van der Waals surface area contributed by atoms with E-state index in [4.69, 9.17) is 5.73 Å². The lowest BCUT2D eigenvalue weighted by Gasteiger charge is -2.24. The van der Waals surface area contributed by atoms with Gasteiger partial charge in [0.2, 0.25) is 5.91 Å². The smallest absolute Gasteiger partial charge is 0.231 e. The fourth-order valence-electron chi connectivity index (χ4n) is 1.96. The van der Waals surface area contributed by atoms with E-state index in [0.717, 1.165) is 25.7 Å². The van der Waals surface area contributed by atoms with Crippen molar-refractivity contribution in [3.05, 3.63) is 0 Å². The summed E-state index contributed by atoms with van der Waals surface area (Å²) in [5.41, 5.74) is 5.09. The van der Waals surface area contributed by atoms with Crippen LogP contribution < -0.4 is 5.73 Å². The Morgan fingerprint density at radius 2 is 2.21 bits per heavy atom. The Labute approximate surface area is 84.4 Å². The summed E-state index contributed by atoms with van der Waals surface area (Å²) in [5.74, 6) is -0.115. The standard InChI is InChI=1S/C10H18N2O2/c1-12(7-10(11)14)8-5-3-2-4-6-9(8)13/h8H,2-7H2,1H3,(H2,11,14). The molecule has 0 aliphatic heterocycles. The Morgan fingerprint density at radius 1 is 1.50 bits per heavy atom. The van der Waals surface area contributed by atoms with Crippen molar-refractivity contribution in [3.63, 3.8) is 0 Å². The Hall–Kier alpha value is -0.900. The summed E-state index contributed by atoms with van der Waals surface area (Å²) in [5, 5.41) is 0. The molecule has 0 spiro atoms. The molecular weight excluding hydrogens is 180 g/mol. The van der Waals surface area contributed by atoms with Gasteiger partial charge in [0.05, 0.1) is 12.6 Å². The maximum absolute atomic E-state index is 11.6. The van der Waals surface area contributed by atoms with Crippen LogP contribution in [0.25, 0.3) is 0 Å². The molecule has 1 aliphatic carbocycles. The number of hydrogen-bond acceptors (Lipinski definition) is 3. The zero-order chi connectivity index (χ0) is 10.6. The topological polar surface area (TPSA) is 63.4 Å². The van der Waals surface area contributed by atoms with Gasteiger partial charge in [-0.05, 0) is 19.9 Å². The van der Waals surface area contributed by atoms with Crippen LogP contribution in [0.4, 0.5) is 0 Å². The SMILES string of the molecule is CN(CC(N)=O)C1CCCCCC1=O. The van der Waals surface area contributed by atoms with E-state index in [1.54, 1.807) is 11.9 Å². The molecule has 0 heterocycles. The summed E-state index contributed by atoms with van der Waals surface area (Å²) in [4.78, 5) is 24.1. The minimum Gasteiger partial charge on any atom is -0.369 e. The van der Waals surface area contributed by atoms with Gasteiger partial charge in [0.25, 0.3) is 0 Å². The number of hydrogen-bond donors (Lipinski definition) is 1. The van der Waals surface area contributed by atoms with Crippen molar-refractivity contribution in [2.45, 2.75) is 38.1 Å². The van der Waals surface area contributed by atoms with Gasteiger partial charge < -0.3 is 5.73 Å². The summed E-state index contributed by atoms with van der Waals surface area (Å²) in [6, 6.07) is -0.0926. The zero-order valence-corrected chi connectivity index (χ0v) is 8.66. The predicted octanol–water partition coefficient (Wildman–Crippen LogP) is 0.305. The maximum Gasteiger partial charge on any atom is 0.231 e. The van der Waals surface area contributed by atoms with E-state index in [1.165, 1.54) is 0 Å². The van der Waals surface area contributed by atoms with Gasteiger partial charge in [0.1, 0.15) is 5.78 Å². The third-order valence-corrected chi connectivity index (χ3v) is 2.71. The molecule has 0 saturated heterocycles. The van der Waals surface area contributed by atoms with E-state index >= 15 is 0 Å². The van der Waals surface area contributed by atoms with E-state index in [2.05, 4.69) is 0 Å². The van der Waals surface area contributed by atoms with Crippen LogP contribution in [0, 0.1) is 0 Å². The van der Waals surface area contributed by atoms with Crippen molar-refractivity contribution in [1.82, 2.24) is 4.90 Å². The highest BCUT2D eigenvalue weighted by molar-refractivity contribution is 5.85. The first-order valence-corrected chi connectivity index (χ1v) is 5.12. The Kier molecular flexibility index (Phi) is 4.07. The number of rotatable bonds is 3. The first-order valence-electron chi connectivity index (χ1n) is 5.12. The molecule has 0 radical (unpaired) electrons. The average molecular weight is 198 g/mol. The third-order valence-electron chi connectivity index (χ3n) is 2.71. The van der Waals surface area contributed by atoms with Crippen molar-refractivity contribution in [2.24, 2.45) is 5.73 Å². The fourth-order valence-corrected chi connectivity index (χ4v) is 1.96. The summed E-state index contributed by atoms with van der Waals surface area (Å²) in [6.45, 7) is 0.177. The molecule has 1 atom stereocenters. The van der Waals surface area contributed by atoms with Crippen LogP contribution in [0.15, 0.2) is 0 Å². The molecule has 0 aromatic rings. The summed E-state index contributed by atoms with van der Waals surface area (Å²) in [6.07, 6.45) is 4.68. The first kappa shape index (κ1) is 11.2. The second kappa shape index (κ2) is 5.10.